The molecule has 1 saturated heterocycles. The molecule has 1 aliphatic heterocycles. The molecule has 24 heavy (non-hydrogen) atoms. The minimum absolute atomic E-state index is 0.264. The van der Waals surface area contributed by atoms with Gasteiger partial charge in [-0.25, -0.2) is 4.79 Å². The number of ether oxygens (including phenoxy) is 1. The molecule has 1 aliphatic rings. The van der Waals surface area contributed by atoms with Gasteiger partial charge in [-0.15, -0.1) is 10.2 Å². The Morgan fingerprint density at radius 2 is 2.08 bits per heavy atom. The molecular weight excluding hydrogens is 304 g/mol. The van der Waals surface area contributed by atoms with E-state index >= 15 is 0 Å². The average Bonchev–Trinajstić information content (AvgIpc) is 3.14. The van der Waals surface area contributed by atoms with E-state index in [0.717, 1.165) is 37.2 Å². The van der Waals surface area contributed by atoms with Gasteiger partial charge < -0.3 is 9.64 Å². The summed E-state index contributed by atoms with van der Waals surface area (Å²) in [5.41, 5.74) is 2.43. The van der Waals surface area contributed by atoms with Gasteiger partial charge in [0.05, 0.1) is 17.9 Å². The molecule has 0 saturated carbocycles. The first-order chi connectivity index (χ1) is 11.7. The fraction of sp³-hybridized carbons (Fsp3) is 0.500. The maximum Gasteiger partial charge on any atom is 0.340 e. The highest BCUT2D eigenvalue weighted by Crippen LogP contribution is 2.30. The van der Waals surface area contributed by atoms with Gasteiger partial charge in [-0.3, -0.25) is 4.57 Å². The maximum atomic E-state index is 12.6. The third-order valence-electron chi connectivity index (χ3n) is 4.47. The van der Waals surface area contributed by atoms with Crippen LogP contribution in [-0.2, 0) is 4.74 Å². The minimum Gasteiger partial charge on any atom is -0.462 e. The van der Waals surface area contributed by atoms with Crippen LogP contribution in [0.5, 0.6) is 0 Å². The van der Waals surface area contributed by atoms with Crippen LogP contribution in [-0.4, -0.2) is 39.9 Å². The highest BCUT2D eigenvalue weighted by atomic mass is 16.5. The molecular formula is C18H24N4O2. The second-order valence-electron chi connectivity index (χ2n) is 6.24. The summed E-state index contributed by atoms with van der Waals surface area (Å²) in [6.45, 7) is 5.62. The van der Waals surface area contributed by atoms with Crippen molar-refractivity contribution < 1.29 is 9.53 Å². The van der Waals surface area contributed by atoms with E-state index in [9.17, 15) is 4.79 Å². The summed E-state index contributed by atoms with van der Waals surface area (Å²) in [6, 6.07) is 6.31. The first-order valence-electron chi connectivity index (χ1n) is 8.63. The van der Waals surface area contributed by atoms with Gasteiger partial charge in [0.25, 0.3) is 0 Å². The summed E-state index contributed by atoms with van der Waals surface area (Å²) >= 11 is 0. The Morgan fingerprint density at radius 1 is 1.29 bits per heavy atom. The van der Waals surface area contributed by atoms with Crippen molar-refractivity contribution >= 4 is 11.7 Å². The summed E-state index contributed by atoms with van der Waals surface area (Å²) < 4.78 is 7.20. The van der Waals surface area contributed by atoms with Crippen LogP contribution in [0, 0.1) is 0 Å². The van der Waals surface area contributed by atoms with E-state index in [2.05, 4.69) is 22.0 Å². The molecule has 0 radical (unpaired) electrons. The molecule has 128 valence electrons. The molecule has 0 unspecified atom stereocenters. The van der Waals surface area contributed by atoms with Crippen LogP contribution in [0.2, 0.25) is 0 Å². The maximum absolute atomic E-state index is 12.6. The zero-order valence-electron chi connectivity index (χ0n) is 14.3. The van der Waals surface area contributed by atoms with Crippen LogP contribution < -0.4 is 4.90 Å². The first-order valence-corrected chi connectivity index (χ1v) is 8.63. The molecule has 2 heterocycles. The summed E-state index contributed by atoms with van der Waals surface area (Å²) in [5, 5.41) is 7.67. The van der Waals surface area contributed by atoms with Gasteiger partial charge >= 0.3 is 5.97 Å². The second kappa shape index (κ2) is 7.47. The van der Waals surface area contributed by atoms with Crippen molar-refractivity contribution in [3.05, 3.63) is 36.4 Å². The van der Waals surface area contributed by atoms with Crippen LogP contribution in [0.15, 0.2) is 30.9 Å². The lowest BCUT2D eigenvalue weighted by molar-refractivity contribution is 0.0505. The zero-order valence-corrected chi connectivity index (χ0v) is 14.3. The number of anilines is 1. The van der Waals surface area contributed by atoms with E-state index in [1.807, 2.05) is 25.1 Å². The van der Waals surface area contributed by atoms with Crippen molar-refractivity contribution in [1.29, 1.82) is 0 Å². The predicted molar refractivity (Wildman–Crippen MR) is 92.6 cm³/mol. The SMILES string of the molecule is CCCOC(=O)c1cc(-n2cnnc2)ccc1N1CCCC[C@H]1C. The molecule has 0 aliphatic carbocycles. The van der Waals surface area contributed by atoms with E-state index in [4.69, 9.17) is 4.74 Å². The molecule has 0 bridgehead atoms. The van der Waals surface area contributed by atoms with Crippen LogP contribution in [0.4, 0.5) is 5.69 Å². The van der Waals surface area contributed by atoms with Crippen molar-refractivity contribution in [2.75, 3.05) is 18.1 Å². The Bertz CT molecular complexity index is 684. The predicted octanol–water partition coefficient (Wildman–Crippen LogP) is 3.21. The minimum atomic E-state index is -0.264. The smallest absolute Gasteiger partial charge is 0.340 e. The first kappa shape index (κ1) is 16.5. The Kier molecular flexibility index (Phi) is 5.13. The molecule has 6 heteroatoms. The molecule has 1 fully saturated rings. The van der Waals surface area contributed by atoms with Crippen LogP contribution in [0.25, 0.3) is 5.69 Å². The van der Waals surface area contributed by atoms with Gasteiger partial charge in [0, 0.05) is 18.3 Å². The molecule has 1 aromatic carbocycles. The molecule has 0 N–H and O–H groups in total. The van der Waals surface area contributed by atoms with Crippen LogP contribution >= 0.6 is 0 Å². The van der Waals surface area contributed by atoms with E-state index in [1.165, 1.54) is 6.42 Å². The van der Waals surface area contributed by atoms with E-state index in [1.54, 1.807) is 17.2 Å². The number of esters is 1. The molecule has 1 atom stereocenters. The van der Waals surface area contributed by atoms with Crippen molar-refractivity contribution in [2.24, 2.45) is 0 Å². The Hall–Kier alpha value is -2.37. The normalized spacial score (nSPS) is 17.8. The van der Waals surface area contributed by atoms with Crippen LogP contribution in [0.3, 0.4) is 0 Å². The monoisotopic (exact) mass is 328 g/mol. The fourth-order valence-electron chi connectivity index (χ4n) is 3.16. The number of benzene rings is 1. The molecule has 6 nitrogen and oxygen atoms in total. The molecule has 2 aromatic rings. The number of hydrogen-bond donors (Lipinski definition) is 0. The largest absolute Gasteiger partial charge is 0.462 e. The van der Waals surface area contributed by atoms with Crippen molar-refractivity contribution in [3.63, 3.8) is 0 Å². The lowest BCUT2D eigenvalue weighted by Gasteiger charge is -2.36. The van der Waals surface area contributed by atoms with E-state index in [-0.39, 0.29) is 5.97 Å². The topological polar surface area (TPSA) is 60.3 Å². The number of hydrogen-bond acceptors (Lipinski definition) is 5. The van der Waals surface area contributed by atoms with Crippen molar-refractivity contribution in [3.8, 4) is 5.69 Å². The number of piperidine rings is 1. The molecule has 3 rings (SSSR count). The number of carbonyl (C=O) groups is 1. The highest BCUT2D eigenvalue weighted by molar-refractivity contribution is 5.96. The summed E-state index contributed by atoms with van der Waals surface area (Å²) in [4.78, 5) is 14.9. The van der Waals surface area contributed by atoms with Gasteiger partial charge in [0.15, 0.2) is 0 Å². The highest BCUT2D eigenvalue weighted by Gasteiger charge is 2.24. The lowest BCUT2D eigenvalue weighted by atomic mass is 10.0. The average molecular weight is 328 g/mol. The number of rotatable bonds is 5. The summed E-state index contributed by atoms with van der Waals surface area (Å²) in [7, 11) is 0. The van der Waals surface area contributed by atoms with Gasteiger partial charge in [0.1, 0.15) is 12.7 Å². The number of aromatic nitrogens is 3. The number of carbonyl (C=O) groups excluding carboxylic acids is 1. The van der Waals surface area contributed by atoms with E-state index in [0.29, 0.717) is 18.2 Å². The Labute approximate surface area is 142 Å². The van der Waals surface area contributed by atoms with Gasteiger partial charge in [-0.05, 0) is 50.8 Å². The Morgan fingerprint density at radius 3 is 2.79 bits per heavy atom. The van der Waals surface area contributed by atoms with Gasteiger partial charge in [-0.1, -0.05) is 6.92 Å². The quantitative estimate of drug-likeness (QED) is 0.789. The zero-order chi connectivity index (χ0) is 16.9. The second-order valence-corrected chi connectivity index (χ2v) is 6.24. The molecule has 0 spiro atoms. The van der Waals surface area contributed by atoms with Gasteiger partial charge in [-0.2, -0.15) is 0 Å². The number of nitrogens with zero attached hydrogens (tertiary/aromatic N) is 4. The molecule has 1 aromatic heterocycles. The van der Waals surface area contributed by atoms with Crippen LogP contribution in [0.1, 0.15) is 49.9 Å². The molecule has 0 amide bonds. The van der Waals surface area contributed by atoms with Crippen molar-refractivity contribution in [2.45, 2.75) is 45.6 Å². The van der Waals surface area contributed by atoms with E-state index < -0.39 is 0 Å². The Balaban J connectivity index is 1.98. The summed E-state index contributed by atoms with van der Waals surface area (Å²) in [6.07, 6.45) is 7.61. The standard InChI is InChI=1S/C18H24N4O2/c1-3-10-24-18(23)16-11-15(21-12-19-20-13-21)7-8-17(16)22-9-5-4-6-14(22)2/h7-8,11-14H,3-6,9-10H2,1-2H3/t14-/m1/s1. The fourth-order valence-corrected chi connectivity index (χ4v) is 3.16. The third kappa shape index (κ3) is 3.42. The lowest BCUT2D eigenvalue weighted by Crippen LogP contribution is -2.38. The van der Waals surface area contributed by atoms with Gasteiger partial charge in [0.2, 0.25) is 0 Å². The van der Waals surface area contributed by atoms with Crippen molar-refractivity contribution in [1.82, 2.24) is 14.8 Å². The third-order valence-corrected chi connectivity index (χ3v) is 4.47. The summed E-state index contributed by atoms with van der Waals surface area (Å²) in [5.74, 6) is -0.264.